The first-order valence-corrected chi connectivity index (χ1v) is 2.76. The van der Waals surface area contributed by atoms with E-state index in [1.54, 1.807) is 23.5 Å². The lowest BCUT2D eigenvalue weighted by Gasteiger charge is -2.14. The molecule has 0 N–H and O–H groups in total. The highest BCUT2D eigenvalue weighted by Gasteiger charge is 2.02. The van der Waals surface area contributed by atoms with Gasteiger partial charge in [0, 0.05) is 25.5 Å². The molecule has 1 amide bonds. The average Bonchev–Trinajstić information content (AvgIpc) is 1.90. The van der Waals surface area contributed by atoms with Gasteiger partial charge in [0.1, 0.15) is 0 Å². The maximum atomic E-state index is 10.6. The Morgan fingerprint density at radius 1 is 1.78 bits per heavy atom. The number of nitrogens with zero attached hydrogens (tertiary/aromatic N) is 2. The summed E-state index contributed by atoms with van der Waals surface area (Å²) in [6, 6.07) is 0. The smallest absolute Gasteiger partial charge is 0.223 e. The molecule has 0 atom stereocenters. The van der Waals surface area contributed by atoms with Gasteiger partial charge in [-0.2, -0.15) is 0 Å². The Morgan fingerprint density at radius 2 is 2.56 bits per heavy atom. The molecule has 9 heavy (non-hydrogen) atoms. The summed E-state index contributed by atoms with van der Waals surface area (Å²) >= 11 is 0. The van der Waals surface area contributed by atoms with Crippen LogP contribution < -0.4 is 0 Å². The van der Waals surface area contributed by atoms with Gasteiger partial charge in [0.05, 0.1) is 6.54 Å². The van der Waals surface area contributed by atoms with E-state index < -0.39 is 0 Å². The van der Waals surface area contributed by atoms with Crippen LogP contribution in [0.5, 0.6) is 0 Å². The second kappa shape index (κ2) is 2.44. The van der Waals surface area contributed by atoms with Gasteiger partial charge in [-0.25, -0.2) is 0 Å². The lowest BCUT2D eigenvalue weighted by Crippen LogP contribution is -2.25. The van der Waals surface area contributed by atoms with Crippen molar-refractivity contribution in [3.63, 3.8) is 0 Å². The van der Waals surface area contributed by atoms with Crippen molar-refractivity contribution in [2.75, 3.05) is 6.54 Å². The molecular weight excluding hydrogens is 116 g/mol. The molecule has 48 valence electrons. The summed E-state index contributed by atoms with van der Waals surface area (Å²) in [5, 5.41) is 0. The van der Waals surface area contributed by atoms with Gasteiger partial charge in [-0.3, -0.25) is 9.79 Å². The molecule has 0 saturated carbocycles. The van der Waals surface area contributed by atoms with Crippen LogP contribution in [0.4, 0.5) is 0 Å². The number of hydrogen-bond donors (Lipinski definition) is 0. The molecule has 0 aromatic heterocycles. The fraction of sp³-hybridized carbons (Fsp3) is 0.333. The molecule has 0 radical (unpaired) electrons. The van der Waals surface area contributed by atoms with E-state index in [0.29, 0.717) is 6.54 Å². The molecular formula is C6H8N2O. The number of carbonyl (C=O) groups excluding carboxylic acids is 1. The SMILES string of the molecule is CC(=O)N1C=CN=CC1. The zero-order chi connectivity index (χ0) is 6.69. The van der Waals surface area contributed by atoms with Gasteiger partial charge in [0.2, 0.25) is 5.91 Å². The fourth-order valence-electron chi connectivity index (χ4n) is 0.609. The van der Waals surface area contributed by atoms with E-state index >= 15 is 0 Å². The van der Waals surface area contributed by atoms with E-state index in [1.807, 2.05) is 0 Å². The van der Waals surface area contributed by atoms with Crippen LogP contribution in [0.3, 0.4) is 0 Å². The molecule has 0 aromatic carbocycles. The maximum Gasteiger partial charge on any atom is 0.223 e. The number of aliphatic imine (C=N–C) groups is 1. The predicted octanol–water partition coefficient (Wildman–Crippen LogP) is 0.391. The van der Waals surface area contributed by atoms with Crippen molar-refractivity contribution in [1.29, 1.82) is 0 Å². The van der Waals surface area contributed by atoms with E-state index in [9.17, 15) is 4.79 Å². The molecule has 1 heterocycles. The summed E-state index contributed by atoms with van der Waals surface area (Å²) in [7, 11) is 0. The van der Waals surface area contributed by atoms with E-state index in [1.165, 1.54) is 6.92 Å². The van der Waals surface area contributed by atoms with Crippen LogP contribution >= 0.6 is 0 Å². The molecule has 0 bridgehead atoms. The fourth-order valence-corrected chi connectivity index (χ4v) is 0.609. The van der Waals surface area contributed by atoms with E-state index in [4.69, 9.17) is 0 Å². The normalized spacial score (nSPS) is 16.3. The highest BCUT2D eigenvalue weighted by molar-refractivity contribution is 5.78. The second-order valence-electron chi connectivity index (χ2n) is 1.80. The average molecular weight is 124 g/mol. The molecule has 0 spiro atoms. The van der Waals surface area contributed by atoms with Gasteiger partial charge in [0.25, 0.3) is 0 Å². The second-order valence-corrected chi connectivity index (χ2v) is 1.80. The van der Waals surface area contributed by atoms with Crippen molar-refractivity contribution in [1.82, 2.24) is 4.90 Å². The molecule has 0 unspecified atom stereocenters. The minimum atomic E-state index is 0.0531. The molecule has 0 aliphatic carbocycles. The van der Waals surface area contributed by atoms with E-state index in [0.717, 1.165) is 0 Å². The van der Waals surface area contributed by atoms with Crippen molar-refractivity contribution in [3.05, 3.63) is 12.4 Å². The highest BCUT2D eigenvalue weighted by Crippen LogP contribution is 1.93. The first kappa shape index (κ1) is 6.01. The summed E-state index contributed by atoms with van der Waals surface area (Å²) in [4.78, 5) is 16.0. The van der Waals surface area contributed by atoms with Crippen LogP contribution in [0.2, 0.25) is 0 Å². The zero-order valence-corrected chi connectivity index (χ0v) is 5.24. The number of hydrogen-bond acceptors (Lipinski definition) is 2. The van der Waals surface area contributed by atoms with Gasteiger partial charge in [0.15, 0.2) is 0 Å². The molecule has 0 aromatic rings. The molecule has 1 aliphatic rings. The first-order valence-electron chi connectivity index (χ1n) is 2.76. The Bertz CT molecular complexity index is 172. The quantitative estimate of drug-likeness (QED) is 0.459. The Labute approximate surface area is 53.7 Å². The Balaban J connectivity index is 2.56. The van der Waals surface area contributed by atoms with Crippen molar-refractivity contribution < 1.29 is 4.79 Å². The number of carbonyl (C=O) groups is 1. The standard InChI is InChI=1S/C6H8N2O/c1-6(9)8-4-2-7-3-5-8/h2-4H,5H2,1H3. The highest BCUT2D eigenvalue weighted by atomic mass is 16.2. The van der Waals surface area contributed by atoms with Crippen molar-refractivity contribution in [2.24, 2.45) is 4.99 Å². The third-order valence-corrected chi connectivity index (χ3v) is 1.12. The maximum absolute atomic E-state index is 10.6. The van der Waals surface area contributed by atoms with Crippen molar-refractivity contribution >= 4 is 12.1 Å². The lowest BCUT2D eigenvalue weighted by molar-refractivity contribution is -0.125. The lowest BCUT2D eigenvalue weighted by atomic mass is 10.5. The zero-order valence-electron chi connectivity index (χ0n) is 5.24. The van der Waals surface area contributed by atoms with Crippen LogP contribution in [0.1, 0.15) is 6.92 Å². The molecule has 0 saturated heterocycles. The van der Waals surface area contributed by atoms with E-state index in [-0.39, 0.29) is 5.91 Å². The summed E-state index contributed by atoms with van der Waals surface area (Å²) in [6.45, 7) is 2.13. The summed E-state index contributed by atoms with van der Waals surface area (Å²) in [5.41, 5.74) is 0. The first-order chi connectivity index (χ1) is 4.30. The van der Waals surface area contributed by atoms with Gasteiger partial charge in [-0.1, -0.05) is 0 Å². The van der Waals surface area contributed by atoms with Crippen molar-refractivity contribution in [3.8, 4) is 0 Å². The molecule has 3 heteroatoms. The van der Waals surface area contributed by atoms with Crippen LogP contribution in [0.25, 0.3) is 0 Å². The molecule has 1 aliphatic heterocycles. The van der Waals surface area contributed by atoms with Crippen LogP contribution in [0, 0.1) is 0 Å². The van der Waals surface area contributed by atoms with Crippen LogP contribution in [-0.4, -0.2) is 23.6 Å². The third-order valence-electron chi connectivity index (χ3n) is 1.12. The summed E-state index contributed by atoms with van der Waals surface area (Å²) in [5.74, 6) is 0.0531. The van der Waals surface area contributed by atoms with Crippen LogP contribution in [0.15, 0.2) is 17.4 Å². The van der Waals surface area contributed by atoms with Gasteiger partial charge in [-0.15, -0.1) is 0 Å². The Morgan fingerprint density at radius 3 is 2.89 bits per heavy atom. The third kappa shape index (κ3) is 1.38. The summed E-state index contributed by atoms with van der Waals surface area (Å²) in [6.07, 6.45) is 4.97. The largest absolute Gasteiger partial charge is 0.312 e. The predicted molar refractivity (Wildman–Crippen MR) is 35.0 cm³/mol. The molecule has 1 rings (SSSR count). The van der Waals surface area contributed by atoms with Gasteiger partial charge in [-0.05, 0) is 0 Å². The van der Waals surface area contributed by atoms with Gasteiger partial charge >= 0.3 is 0 Å². The molecule has 3 nitrogen and oxygen atoms in total. The Hall–Kier alpha value is -1.12. The minimum Gasteiger partial charge on any atom is -0.312 e. The number of amides is 1. The van der Waals surface area contributed by atoms with Crippen molar-refractivity contribution in [2.45, 2.75) is 6.92 Å². The van der Waals surface area contributed by atoms with Crippen LogP contribution in [-0.2, 0) is 4.79 Å². The minimum absolute atomic E-state index is 0.0531. The Kier molecular flexibility index (Phi) is 1.63. The number of rotatable bonds is 0. The van der Waals surface area contributed by atoms with E-state index in [2.05, 4.69) is 4.99 Å². The monoisotopic (exact) mass is 124 g/mol. The van der Waals surface area contributed by atoms with Gasteiger partial charge < -0.3 is 4.90 Å². The topological polar surface area (TPSA) is 32.7 Å². The summed E-state index contributed by atoms with van der Waals surface area (Å²) < 4.78 is 0. The molecule has 0 fully saturated rings.